The van der Waals surface area contributed by atoms with Crippen molar-refractivity contribution in [3.8, 4) is 0 Å². The van der Waals surface area contributed by atoms with E-state index in [0.717, 1.165) is 31.0 Å². The van der Waals surface area contributed by atoms with Crippen molar-refractivity contribution in [2.45, 2.75) is 26.2 Å². The highest BCUT2D eigenvalue weighted by atomic mass is 35.5. The number of hydrogen-bond acceptors (Lipinski definition) is 2. The molecule has 0 saturated heterocycles. The highest BCUT2D eigenvalue weighted by Crippen LogP contribution is 2.13. The number of anilines is 1. The van der Waals surface area contributed by atoms with Crippen LogP contribution in [0.15, 0.2) is 29.3 Å². The van der Waals surface area contributed by atoms with Gasteiger partial charge < -0.3 is 16.0 Å². The van der Waals surface area contributed by atoms with Gasteiger partial charge in [-0.1, -0.05) is 18.5 Å². The predicted molar refractivity (Wildman–Crippen MR) is 89.0 cm³/mol. The number of carbonyl (C=O) groups is 1. The summed E-state index contributed by atoms with van der Waals surface area (Å²) in [6.07, 6.45) is 2.25. The lowest BCUT2D eigenvalue weighted by Crippen LogP contribution is -2.38. The van der Waals surface area contributed by atoms with Crippen LogP contribution < -0.4 is 16.0 Å². The summed E-state index contributed by atoms with van der Waals surface area (Å²) in [5.41, 5.74) is 0.762. The number of nitrogens with zero attached hydrogens (tertiary/aromatic N) is 1. The van der Waals surface area contributed by atoms with Crippen molar-refractivity contribution in [3.05, 3.63) is 29.3 Å². The maximum atomic E-state index is 11.8. The molecule has 6 heteroatoms. The topological polar surface area (TPSA) is 65.5 Å². The first-order valence-corrected chi connectivity index (χ1v) is 7.53. The molecule has 0 aliphatic heterocycles. The Hall–Kier alpha value is -1.75. The van der Waals surface area contributed by atoms with Gasteiger partial charge in [-0.3, -0.25) is 9.79 Å². The smallest absolute Gasteiger partial charge is 0.224 e. The monoisotopic (exact) mass is 310 g/mol. The number of amides is 1. The Morgan fingerprint density at radius 3 is 2.48 bits per heavy atom. The summed E-state index contributed by atoms with van der Waals surface area (Å²) in [6, 6.07) is 7.08. The summed E-state index contributed by atoms with van der Waals surface area (Å²) < 4.78 is 0. The molecular formula is C15H23ClN4O. The summed E-state index contributed by atoms with van der Waals surface area (Å²) in [6.45, 7) is 3.69. The highest BCUT2D eigenvalue weighted by molar-refractivity contribution is 6.30. The summed E-state index contributed by atoms with van der Waals surface area (Å²) in [7, 11) is 1.73. The Bertz CT molecular complexity index is 459. The molecule has 0 aliphatic carbocycles. The van der Waals surface area contributed by atoms with Crippen LogP contribution in [0.2, 0.25) is 5.02 Å². The molecule has 0 heterocycles. The van der Waals surface area contributed by atoms with Gasteiger partial charge in [-0.15, -0.1) is 0 Å². The van der Waals surface area contributed by atoms with Gasteiger partial charge in [-0.2, -0.15) is 0 Å². The first-order chi connectivity index (χ1) is 10.2. The molecule has 0 radical (unpaired) electrons. The van der Waals surface area contributed by atoms with E-state index in [0.29, 0.717) is 18.0 Å². The Morgan fingerprint density at radius 2 is 1.86 bits per heavy atom. The second kappa shape index (κ2) is 10.0. The highest BCUT2D eigenvalue weighted by Gasteiger charge is 2.03. The molecule has 0 unspecified atom stereocenters. The Labute approximate surface area is 131 Å². The van der Waals surface area contributed by atoms with Crippen LogP contribution in [0.3, 0.4) is 0 Å². The zero-order chi connectivity index (χ0) is 15.5. The third-order valence-electron chi connectivity index (χ3n) is 2.77. The number of carbonyl (C=O) groups excluding carboxylic acids is 1. The van der Waals surface area contributed by atoms with Gasteiger partial charge >= 0.3 is 0 Å². The molecule has 116 valence electrons. The van der Waals surface area contributed by atoms with Crippen molar-refractivity contribution in [2.75, 3.05) is 25.5 Å². The first-order valence-electron chi connectivity index (χ1n) is 7.15. The van der Waals surface area contributed by atoms with E-state index in [1.165, 1.54) is 0 Å². The van der Waals surface area contributed by atoms with Crippen molar-refractivity contribution in [3.63, 3.8) is 0 Å². The maximum Gasteiger partial charge on any atom is 0.224 e. The standard InChI is InChI=1S/C15H23ClN4O/c1-3-10-18-15(17-2)19-11-4-5-14(21)20-13-8-6-12(16)7-9-13/h6-9H,3-5,10-11H2,1-2H3,(H,20,21)(H2,17,18,19). The van der Waals surface area contributed by atoms with E-state index in [4.69, 9.17) is 11.6 Å². The number of rotatable bonds is 7. The SMILES string of the molecule is CCCNC(=NC)NCCCC(=O)Nc1ccc(Cl)cc1. The molecule has 0 bridgehead atoms. The fourth-order valence-corrected chi connectivity index (χ4v) is 1.80. The number of benzene rings is 1. The van der Waals surface area contributed by atoms with Crippen LogP contribution in [0.5, 0.6) is 0 Å². The van der Waals surface area contributed by atoms with Gasteiger partial charge in [0, 0.05) is 37.3 Å². The van der Waals surface area contributed by atoms with Crippen molar-refractivity contribution >= 4 is 29.2 Å². The van der Waals surface area contributed by atoms with Gasteiger partial charge in [0.05, 0.1) is 0 Å². The van der Waals surface area contributed by atoms with E-state index >= 15 is 0 Å². The Kier molecular flexibility index (Phi) is 8.28. The summed E-state index contributed by atoms with van der Waals surface area (Å²) in [4.78, 5) is 15.9. The summed E-state index contributed by atoms with van der Waals surface area (Å²) in [5.74, 6) is 0.769. The lowest BCUT2D eigenvalue weighted by Gasteiger charge is -2.11. The zero-order valence-electron chi connectivity index (χ0n) is 12.6. The zero-order valence-corrected chi connectivity index (χ0v) is 13.3. The van der Waals surface area contributed by atoms with Crippen LogP contribution in [-0.4, -0.2) is 32.0 Å². The molecule has 0 spiro atoms. The van der Waals surface area contributed by atoms with Crippen molar-refractivity contribution in [1.82, 2.24) is 10.6 Å². The third kappa shape index (κ3) is 7.56. The van der Waals surface area contributed by atoms with E-state index in [1.54, 1.807) is 31.3 Å². The lowest BCUT2D eigenvalue weighted by molar-refractivity contribution is -0.116. The second-order valence-electron chi connectivity index (χ2n) is 4.58. The second-order valence-corrected chi connectivity index (χ2v) is 5.02. The minimum Gasteiger partial charge on any atom is -0.356 e. The minimum atomic E-state index is -0.00405. The molecule has 0 atom stereocenters. The molecule has 3 N–H and O–H groups in total. The van der Waals surface area contributed by atoms with E-state index in [1.807, 2.05) is 0 Å². The summed E-state index contributed by atoms with van der Waals surface area (Å²) >= 11 is 5.79. The Balaban J connectivity index is 2.20. The van der Waals surface area contributed by atoms with Crippen molar-refractivity contribution < 1.29 is 4.79 Å². The third-order valence-corrected chi connectivity index (χ3v) is 3.02. The molecule has 0 fully saturated rings. The van der Waals surface area contributed by atoms with Crippen LogP contribution in [0.1, 0.15) is 26.2 Å². The van der Waals surface area contributed by atoms with Gasteiger partial charge in [0.15, 0.2) is 5.96 Å². The van der Waals surface area contributed by atoms with E-state index < -0.39 is 0 Å². The van der Waals surface area contributed by atoms with Crippen LogP contribution in [-0.2, 0) is 4.79 Å². The van der Waals surface area contributed by atoms with E-state index in [2.05, 4.69) is 27.9 Å². The number of hydrogen-bond donors (Lipinski definition) is 3. The van der Waals surface area contributed by atoms with Gasteiger partial charge in [-0.05, 0) is 37.1 Å². The number of aliphatic imine (C=N–C) groups is 1. The molecule has 1 aromatic carbocycles. The lowest BCUT2D eigenvalue weighted by atomic mass is 10.2. The van der Waals surface area contributed by atoms with Crippen molar-refractivity contribution in [1.29, 1.82) is 0 Å². The fourth-order valence-electron chi connectivity index (χ4n) is 1.68. The number of halogens is 1. The van der Waals surface area contributed by atoms with Gasteiger partial charge in [-0.25, -0.2) is 0 Å². The average molecular weight is 311 g/mol. The Morgan fingerprint density at radius 1 is 1.19 bits per heavy atom. The predicted octanol–water partition coefficient (Wildman–Crippen LogP) is 2.63. The van der Waals surface area contributed by atoms with Crippen molar-refractivity contribution in [2.24, 2.45) is 4.99 Å². The van der Waals surface area contributed by atoms with E-state index in [-0.39, 0.29) is 5.91 Å². The fraction of sp³-hybridized carbons (Fsp3) is 0.467. The summed E-state index contributed by atoms with van der Waals surface area (Å²) in [5, 5.41) is 9.84. The molecule has 1 amide bonds. The van der Waals surface area contributed by atoms with E-state index in [9.17, 15) is 4.79 Å². The molecule has 1 aromatic rings. The van der Waals surface area contributed by atoms with Crippen LogP contribution in [0, 0.1) is 0 Å². The largest absolute Gasteiger partial charge is 0.356 e. The maximum absolute atomic E-state index is 11.8. The normalized spacial score (nSPS) is 11.1. The van der Waals surface area contributed by atoms with Gasteiger partial charge in [0.25, 0.3) is 0 Å². The van der Waals surface area contributed by atoms with Gasteiger partial charge in [0.1, 0.15) is 0 Å². The molecular weight excluding hydrogens is 288 g/mol. The molecule has 0 saturated carbocycles. The number of nitrogens with one attached hydrogen (secondary N) is 3. The molecule has 0 aromatic heterocycles. The molecule has 0 aliphatic rings. The molecule has 1 rings (SSSR count). The quantitative estimate of drug-likeness (QED) is 0.412. The van der Waals surface area contributed by atoms with Crippen LogP contribution in [0.4, 0.5) is 5.69 Å². The molecule has 5 nitrogen and oxygen atoms in total. The van der Waals surface area contributed by atoms with Crippen LogP contribution >= 0.6 is 11.6 Å². The van der Waals surface area contributed by atoms with Gasteiger partial charge in [0.2, 0.25) is 5.91 Å². The molecule has 21 heavy (non-hydrogen) atoms. The van der Waals surface area contributed by atoms with Crippen LogP contribution in [0.25, 0.3) is 0 Å². The average Bonchev–Trinajstić information content (AvgIpc) is 2.49. The first kappa shape index (κ1) is 17.3. The minimum absolute atomic E-state index is 0.00405. The number of guanidine groups is 1.